The molecule has 1 aromatic rings. The van der Waals surface area contributed by atoms with E-state index in [0.717, 1.165) is 0 Å². The van der Waals surface area contributed by atoms with Gasteiger partial charge < -0.3 is 0 Å². The van der Waals surface area contributed by atoms with Gasteiger partial charge in [0.15, 0.2) is 0 Å². The first-order valence-corrected chi connectivity index (χ1v) is 9.29. The van der Waals surface area contributed by atoms with Crippen molar-refractivity contribution in [3.63, 3.8) is 0 Å². The van der Waals surface area contributed by atoms with Gasteiger partial charge in [-0.25, -0.2) is 0 Å². The molecule has 1 atom stereocenters. The molecule has 1 aromatic carbocycles. The van der Waals surface area contributed by atoms with Gasteiger partial charge >= 0.3 is 0 Å². The molecule has 0 amide bonds. The second kappa shape index (κ2) is 4.21. The number of hydrogen-bond donors (Lipinski definition) is 0. The van der Waals surface area contributed by atoms with Crippen molar-refractivity contribution in [2.45, 2.75) is 44.3 Å². The van der Waals surface area contributed by atoms with Crippen LogP contribution in [0.3, 0.4) is 0 Å². The van der Waals surface area contributed by atoms with Crippen molar-refractivity contribution in [3.05, 3.63) is 42.5 Å². The van der Waals surface area contributed by atoms with E-state index >= 15 is 0 Å². The van der Waals surface area contributed by atoms with Crippen LogP contribution in [0.5, 0.6) is 0 Å². The maximum absolute atomic E-state index is 2.51. The first-order valence-electron chi connectivity index (χ1n) is 6.29. The summed E-state index contributed by atoms with van der Waals surface area (Å²) in [6.45, 7) is 7.48. The van der Waals surface area contributed by atoms with Crippen LogP contribution >= 0.6 is 0 Å². The highest BCUT2D eigenvalue weighted by Gasteiger charge is 2.42. The summed E-state index contributed by atoms with van der Waals surface area (Å²) in [5, 5.41) is 2.02. The van der Waals surface area contributed by atoms with Crippen LogP contribution in [0.25, 0.3) is 0 Å². The van der Waals surface area contributed by atoms with Crippen LogP contribution in [0.1, 0.15) is 26.2 Å². The van der Waals surface area contributed by atoms with E-state index in [9.17, 15) is 0 Å². The average Bonchev–Trinajstić information content (AvgIpc) is 2.31. The zero-order chi connectivity index (χ0) is 11.6. The molecule has 1 unspecified atom stereocenters. The molecule has 0 saturated carbocycles. The van der Waals surface area contributed by atoms with Gasteiger partial charge in [-0.3, -0.25) is 0 Å². The summed E-state index contributed by atoms with van der Waals surface area (Å²) < 4.78 is 0. The Morgan fingerprint density at radius 2 is 1.81 bits per heavy atom. The van der Waals surface area contributed by atoms with Gasteiger partial charge in [-0.05, 0) is 24.3 Å². The fourth-order valence-electron chi connectivity index (χ4n) is 2.72. The van der Waals surface area contributed by atoms with Crippen molar-refractivity contribution >= 4 is 13.3 Å². The summed E-state index contributed by atoms with van der Waals surface area (Å²) in [7, 11) is -1.39. The Hall–Kier alpha value is -0.823. The summed E-state index contributed by atoms with van der Waals surface area (Å²) in [4.78, 5) is 0. The lowest BCUT2D eigenvalue weighted by Crippen LogP contribution is -2.51. The Morgan fingerprint density at radius 3 is 2.38 bits per heavy atom. The van der Waals surface area contributed by atoms with E-state index in [4.69, 9.17) is 0 Å². The van der Waals surface area contributed by atoms with Crippen LogP contribution < -0.4 is 5.19 Å². The topological polar surface area (TPSA) is 0 Å². The molecule has 0 N–H and O–H groups in total. The molecule has 0 aliphatic heterocycles. The molecule has 0 nitrogen and oxygen atoms in total. The zero-order valence-corrected chi connectivity index (χ0v) is 11.7. The molecule has 86 valence electrons. The predicted molar refractivity (Wildman–Crippen MR) is 74.9 cm³/mol. The van der Waals surface area contributed by atoms with E-state index in [2.05, 4.69) is 62.5 Å². The molecule has 0 saturated heterocycles. The third-order valence-electron chi connectivity index (χ3n) is 4.48. The van der Waals surface area contributed by atoms with Crippen molar-refractivity contribution in [3.8, 4) is 0 Å². The zero-order valence-electron chi connectivity index (χ0n) is 10.7. The van der Waals surface area contributed by atoms with Gasteiger partial charge in [0.2, 0.25) is 0 Å². The molecule has 0 spiro atoms. The van der Waals surface area contributed by atoms with E-state index in [1.807, 2.05) is 0 Å². The van der Waals surface area contributed by atoms with Gasteiger partial charge in [0.1, 0.15) is 0 Å². The molecular weight excluding hydrogens is 208 g/mol. The summed E-state index contributed by atoms with van der Waals surface area (Å²) in [5.74, 6) is 0. The normalized spacial score (nSPS) is 25.7. The van der Waals surface area contributed by atoms with Crippen molar-refractivity contribution < 1.29 is 0 Å². The molecule has 0 aromatic heterocycles. The lowest BCUT2D eigenvalue weighted by Gasteiger charge is -2.43. The highest BCUT2D eigenvalue weighted by Crippen LogP contribution is 2.45. The Bertz CT molecular complexity index is 378. The monoisotopic (exact) mass is 230 g/mol. The highest BCUT2D eigenvalue weighted by molar-refractivity contribution is 6.92. The third-order valence-corrected chi connectivity index (χ3v) is 9.52. The first-order chi connectivity index (χ1) is 7.56. The molecular formula is C15H22Si. The second-order valence-corrected chi connectivity index (χ2v) is 10.7. The largest absolute Gasteiger partial charge is 0.0901 e. The van der Waals surface area contributed by atoms with Crippen molar-refractivity contribution in [1.29, 1.82) is 0 Å². The Kier molecular flexibility index (Phi) is 3.07. The molecule has 16 heavy (non-hydrogen) atoms. The molecule has 1 aliphatic carbocycles. The summed E-state index contributed by atoms with van der Waals surface area (Å²) in [6, 6.07) is 11.1. The Morgan fingerprint density at radius 1 is 1.12 bits per heavy atom. The predicted octanol–water partition coefficient (Wildman–Crippen LogP) is 4.10. The van der Waals surface area contributed by atoms with Crippen molar-refractivity contribution in [1.82, 2.24) is 0 Å². The van der Waals surface area contributed by atoms with Gasteiger partial charge in [0, 0.05) is 0 Å². The molecule has 0 radical (unpaired) electrons. The van der Waals surface area contributed by atoms with Crippen LogP contribution in [-0.4, -0.2) is 8.07 Å². The van der Waals surface area contributed by atoms with Crippen molar-refractivity contribution in [2.75, 3.05) is 0 Å². The molecule has 0 fully saturated rings. The number of allylic oxidation sites excluding steroid dienone is 2. The van der Waals surface area contributed by atoms with E-state index in [-0.39, 0.29) is 0 Å². The molecule has 0 bridgehead atoms. The second-order valence-electron chi connectivity index (χ2n) is 5.70. The van der Waals surface area contributed by atoms with Crippen molar-refractivity contribution in [2.24, 2.45) is 0 Å². The van der Waals surface area contributed by atoms with E-state index in [0.29, 0.717) is 5.04 Å². The van der Waals surface area contributed by atoms with Gasteiger partial charge in [-0.1, -0.05) is 67.7 Å². The summed E-state index contributed by atoms with van der Waals surface area (Å²) in [5.41, 5.74) is 0. The highest BCUT2D eigenvalue weighted by atomic mass is 28.3. The Labute approximate surface area is 100 Å². The number of benzene rings is 1. The standard InChI is InChI=1S/C15H22Si/c1-15(12-8-5-9-13-15)16(2,3)14-10-6-4-7-11-14/h4,6-8,10-12H,5,9,13H2,1-3H3. The summed E-state index contributed by atoms with van der Waals surface area (Å²) in [6.07, 6.45) is 8.87. The minimum Gasteiger partial charge on any atom is -0.0883 e. The average molecular weight is 230 g/mol. The lowest BCUT2D eigenvalue weighted by molar-refractivity contribution is 0.585. The van der Waals surface area contributed by atoms with E-state index in [1.165, 1.54) is 19.3 Å². The fraction of sp³-hybridized carbons (Fsp3) is 0.467. The van der Waals surface area contributed by atoms with Crippen LogP contribution in [0.4, 0.5) is 0 Å². The minimum atomic E-state index is -1.39. The molecule has 1 heteroatoms. The van der Waals surface area contributed by atoms with Crippen LogP contribution in [-0.2, 0) is 0 Å². The van der Waals surface area contributed by atoms with Crippen LogP contribution in [0.2, 0.25) is 18.1 Å². The molecule has 1 aliphatic rings. The maximum Gasteiger partial charge on any atom is 0.0901 e. The van der Waals surface area contributed by atoms with Gasteiger partial charge in [0.05, 0.1) is 8.07 Å². The van der Waals surface area contributed by atoms with Gasteiger partial charge in [-0.2, -0.15) is 0 Å². The van der Waals surface area contributed by atoms with E-state index in [1.54, 1.807) is 5.19 Å². The minimum absolute atomic E-state index is 0.437. The lowest BCUT2D eigenvalue weighted by atomic mass is 9.97. The van der Waals surface area contributed by atoms with Crippen LogP contribution in [0, 0.1) is 0 Å². The van der Waals surface area contributed by atoms with Crippen LogP contribution in [0.15, 0.2) is 42.5 Å². The molecule has 2 rings (SSSR count). The number of rotatable bonds is 2. The first kappa shape index (κ1) is 11.7. The SMILES string of the molecule is CC1([Si](C)(C)c2ccccc2)C=CCCC1. The summed E-state index contributed by atoms with van der Waals surface area (Å²) >= 11 is 0. The third kappa shape index (κ3) is 1.89. The van der Waals surface area contributed by atoms with E-state index < -0.39 is 8.07 Å². The Balaban J connectivity index is 2.38. The smallest absolute Gasteiger partial charge is 0.0883 e. The van der Waals surface area contributed by atoms with Gasteiger partial charge in [-0.15, -0.1) is 0 Å². The quantitative estimate of drug-likeness (QED) is 0.530. The maximum atomic E-state index is 2.51. The van der Waals surface area contributed by atoms with Gasteiger partial charge in [0.25, 0.3) is 0 Å². The number of hydrogen-bond acceptors (Lipinski definition) is 0. The molecule has 0 heterocycles. The fourth-order valence-corrected chi connectivity index (χ4v) is 5.74.